The van der Waals surface area contributed by atoms with Gasteiger partial charge in [-0.1, -0.05) is 6.07 Å². The minimum absolute atomic E-state index is 0.00702. The summed E-state index contributed by atoms with van der Waals surface area (Å²) in [6.45, 7) is 2.49. The summed E-state index contributed by atoms with van der Waals surface area (Å²) in [4.78, 5) is 12.4. The Balaban J connectivity index is 2.48. The summed E-state index contributed by atoms with van der Waals surface area (Å²) in [6.07, 6.45) is 2.39. The number of nitrogen functional groups attached to an aromatic ring is 1. The van der Waals surface area contributed by atoms with Gasteiger partial charge in [0.1, 0.15) is 0 Å². The van der Waals surface area contributed by atoms with Crippen LogP contribution < -0.4 is 11.3 Å². The molecule has 2 rings (SSSR count). The van der Waals surface area contributed by atoms with Crippen LogP contribution in [0.5, 0.6) is 0 Å². The first-order chi connectivity index (χ1) is 9.13. The molecule has 19 heavy (non-hydrogen) atoms. The Hall–Kier alpha value is -2.07. The molecule has 2 aromatic rings. The average molecular weight is 258 g/mol. The number of pyridine rings is 1. The Bertz CT molecular complexity index is 632. The van der Waals surface area contributed by atoms with Gasteiger partial charge in [-0.05, 0) is 36.8 Å². The number of hydrogen-bond acceptors (Lipinski definition) is 3. The lowest BCUT2D eigenvalue weighted by atomic mass is 10.1. The van der Waals surface area contributed by atoms with Crippen LogP contribution in [0.4, 0.5) is 5.69 Å². The average Bonchev–Trinajstić information content (AvgIpc) is 2.38. The zero-order valence-electron chi connectivity index (χ0n) is 11.2. The first kappa shape index (κ1) is 13.4. The van der Waals surface area contributed by atoms with Gasteiger partial charge < -0.3 is 10.5 Å². The number of rotatable bonds is 4. The van der Waals surface area contributed by atoms with Crippen LogP contribution in [-0.2, 0) is 11.2 Å². The van der Waals surface area contributed by atoms with Crippen molar-refractivity contribution in [3.8, 4) is 5.69 Å². The van der Waals surface area contributed by atoms with Crippen LogP contribution in [0, 0.1) is 6.92 Å². The first-order valence-corrected chi connectivity index (χ1v) is 6.19. The molecule has 0 unspecified atom stereocenters. The van der Waals surface area contributed by atoms with Crippen LogP contribution in [0.1, 0.15) is 11.1 Å². The summed E-state index contributed by atoms with van der Waals surface area (Å²) >= 11 is 0. The van der Waals surface area contributed by atoms with Crippen molar-refractivity contribution < 1.29 is 4.74 Å². The Morgan fingerprint density at radius 2 is 2.11 bits per heavy atom. The van der Waals surface area contributed by atoms with Crippen LogP contribution in [0.3, 0.4) is 0 Å². The molecular weight excluding hydrogens is 240 g/mol. The van der Waals surface area contributed by atoms with Crippen LogP contribution >= 0.6 is 0 Å². The molecule has 0 saturated carbocycles. The number of ether oxygens (including phenoxy) is 1. The van der Waals surface area contributed by atoms with Crippen LogP contribution in [-0.4, -0.2) is 18.3 Å². The number of anilines is 1. The van der Waals surface area contributed by atoms with E-state index in [0.29, 0.717) is 18.7 Å². The maximum atomic E-state index is 12.4. The van der Waals surface area contributed by atoms with Crippen LogP contribution in [0.25, 0.3) is 5.69 Å². The molecule has 0 atom stereocenters. The van der Waals surface area contributed by atoms with Gasteiger partial charge in [0.2, 0.25) is 0 Å². The van der Waals surface area contributed by atoms with Crippen molar-refractivity contribution in [2.75, 3.05) is 19.5 Å². The predicted molar refractivity (Wildman–Crippen MR) is 76.8 cm³/mol. The SMILES string of the molecule is COCCc1cccn(-c2ccc(N)cc2C)c1=O. The van der Waals surface area contributed by atoms with E-state index in [2.05, 4.69) is 0 Å². The molecule has 1 aromatic heterocycles. The summed E-state index contributed by atoms with van der Waals surface area (Å²) in [7, 11) is 1.63. The molecule has 2 N–H and O–H groups in total. The third-order valence-corrected chi connectivity index (χ3v) is 3.08. The molecule has 1 aromatic carbocycles. The zero-order chi connectivity index (χ0) is 13.8. The standard InChI is InChI=1S/C15H18N2O2/c1-11-10-13(16)5-6-14(11)17-8-3-4-12(15(17)18)7-9-19-2/h3-6,8,10H,7,9,16H2,1-2H3. The second-order valence-electron chi connectivity index (χ2n) is 4.50. The monoisotopic (exact) mass is 258 g/mol. The third-order valence-electron chi connectivity index (χ3n) is 3.08. The lowest BCUT2D eigenvalue weighted by molar-refractivity contribution is 0.202. The summed E-state index contributed by atoms with van der Waals surface area (Å²) in [5.41, 5.74) is 9.02. The van der Waals surface area contributed by atoms with Crippen molar-refractivity contribution in [1.29, 1.82) is 0 Å². The van der Waals surface area contributed by atoms with Gasteiger partial charge in [-0.25, -0.2) is 0 Å². The normalized spacial score (nSPS) is 10.6. The van der Waals surface area contributed by atoms with Crippen molar-refractivity contribution in [3.63, 3.8) is 0 Å². The highest BCUT2D eigenvalue weighted by Gasteiger charge is 2.07. The number of benzene rings is 1. The quantitative estimate of drug-likeness (QED) is 0.852. The fraction of sp³-hybridized carbons (Fsp3) is 0.267. The number of aryl methyl sites for hydroxylation is 1. The van der Waals surface area contributed by atoms with Gasteiger partial charge in [0.05, 0.1) is 12.3 Å². The van der Waals surface area contributed by atoms with Crippen LogP contribution in [0.2, 0.25) is 0 Å². The number of nitrogens with two attached hydrogens (primary N) is 1. The highest BCUT2D eigenvalue weighted by molar-refractivity contribution is 5.51. The Morgan fingerprint density at radius 1 is 1.32 bits per heavy atom. The van der Waals surface area contributed by atoms with Crippen molar-refractivity contribution in [3.05, 3.63) is 58.0 Å². The Morgan fingerprint density at radius 3 is 2.79 bits per heavy atom. The van der Waals surface area contributed by atoms with Gasteiger partial charge >= 0.3 is 0 Å². The third kappa shape index (κ3) is 2.85. The number of aromatic nitrogens is 1. The minimum atomic E-state index is -0.00702. The van der Waals surface area contributed by atoms with E-state index in [1.807, 2.05) is 31.2 Å². The molecule has 0 fully saturated rings. The summed E-state index contributed by atoms with van der Waals surface area (Å²) in [5.74, 6) is 0. The fourth-order valence-electron chi connectivity index (χ4n) is 2.08. The first-order valence-electron chi connectivity index (χ1n) is 6.19. The van der Waals surface area contributed by atoms with E-state index in [9.17, 15) is 4.79 Å². The molecule has 0 aliphatic carbocycles. The molecule has 0 radical (unpaired) electrons. The lowest BCUT2D eigenvalue weighted by Gasteiger charge is -2.11. The topological polar surface area (TPSA) is 57.2 Å². The van der Waals surface area contributed by atoms with E-state index in [1.54, 1.807) is 23.9 Å². The molecule has 4 heteroatoms. The molecule has 4 nitrogen and oxygen atoms in total. The maximum Gasteiger partial charge on any atom is 0.258 e. The van der Waals surface area contributed by atoms with E-state index >= 15 is 0 Å². The highest BCUT2D eigenvalue weighted by atomic mass is 16.5. The van der Waals surface area contributed by atoms with Gasteiger partial charge in [0.25, 0.3) is 5.56 Å². The number of nitrogens with zero attached hydrogens (tertiary/aromatic N) is 1. The van der Waals surface area contributed by atoms with Gasteiger partial charge in [-0.15, -0.1) is 0 Å². The van der Waals surface area contributed by atoms with Gasteiger partial charge in [0.15, 0.2) is 0 Å². The second kappa shape index (κ2) is 5.71. The van der Waals surface area contributed by atoms with Crippen molar-refractivity contribution >= 4 is 5.69 Å². The predicted octanol–water partition coefficient (Wildman–Crippen LogP) is 1.92. The molecule has 0 spiro atoms. The van der Waals surface area contributed by atoms with E-state index in [1.165, 1.54) is 0 Å². The Labute approximate surface area is 112 Å². The van der Waals surface area contributed by atoms with E-state index in [0.717, 1.165) is 16.8 Å². The van der Waals surface area contributed by atoms with Crippen molar-refractivity contribution in [1.82, 2.24) is 4.57 Å². The molecule has 0 aliphatic heterocycles. The largest absolute Gasteiger partial charge is 0.399 e. The van der Waals surface area contributed by atoms with Crippen LogP contribution in [0.15, 0.2) is 41.3 Å². The van der Waals surface area contributed by atoms with E-state index in [-0.39, 0.29) is 5.56 Å². The van der Waals surface area contributed by atoms with Gasteiger partial charge in [-0.2, -0.15) is 0 Å². The van der Waals surface area contributed by atoms with Crippen molar-refractivity contribution in [2.45, 2.75) is 13.3 Å². The Kier molecular flexibility index (Phi) is 4.02. The molecule has 100 valence electrons. The molecule has 0 amide bonds. The minimum Gasteiger partial charge on any atom is -0.399 e. The lowest BCUT2D eigenvalue weighted by Crippen LogP contribution is -2.23. The number of hydrogen-bond donors (Lipinski definition) is 1. The summed E-state index contributed by atoms with van der Waals surface area (Å²) in [6, 6.07) is 9.25. The van der Waals surface area contributed by atoms with Gasteiger partial charge in [-0.3, -0.25) is 9.36 Å². The van der Waals surface area contributed by atoms with E-state index in [4.69, 9.17) is 10.5 Å². The van der Waals surface area contributed by atoms with Crippen molar-refractivity contribution in [2.24, 2.45) is 0 Å². The molecule has 0 saturated heterocycles. The summed E-state index contributed by atoms with van der Waals surface area (Å²) < 4.78 is 6.67. The molecule has 1 heterocycles. The van der Waals surface area contributed by atoms with Gasteiger partial charge in [0, 0.05) is 31.0 Å². The summed E-state index contributed by atoms with van der Waals surface area (Å²) in [5, 5.41) is 0. The molecular formula is C15H18N2O2. The second-order valence-corrected chi connectivity index (χ2v) is 4.50. The molecule has 0 bridgehead atoms. The molecule has 0 aliphatic rings. The smallest absolute Gasteiger partial charge is 0.258 e. The fourth-order valence-corrected chi connectivity index (χ4v) is 2.08. The maximum absolute atomic E-state index is 12.4. The van der Waals surface area contributed by atoms with E-state index < -0.39 is 0 Å². The zero-order valence-corrected chi connectivity index (χ0v) is 11.2. The highest BCUT2D eigenvalue weighted by Crippen LogP contribution is 2.15. The number of methoxy groups -OCH3 is 1.